The summed E-state index contributed by atoms with van der Waals surface area (Å²) in [5, 5.41) is 0. The molecule has 90 valence electrons. The summed E-state index contributed by atoms with van der Waals surface area (Å²) in [5.74, 6) is 0.446. The molecular weight excluding hydrogens is 223 g/mol. The van der Waals surface area contributed by atoms with Gasteiger partial charge in [0, 0.05) is 12.0 Å². The molecule has 0 amide bonds. The van der Waals surface area contributed by atoms with Gasteiger partial charge in [-0.25, -0.2) is 9.37 Å². The van der Waals surface area contributed by atoms with E-state index >= 15 is 0 Å². The van der Waals surface area contributed by atoms with Crippen molar-refractivity contribution in [3.8, 4) is 17.0 Å². The van der Waals surface area contributed by atoms with Crippen molar-refractivity contribution in [3.63, 3.8) is 0 Å². The number of nitrogens with zero attached hydrogens (tertiary/aromatic N) is 1. The lowest BCUT2D eigenvalue weighted by molar-refractivity contribution is 0.386. The zero-order chi connectivity index (χ0) is 12.3. The van der Waals surface area contributed by atoms with Crippen LogP contribution in [0, 0.1) is 5.82 Å². The maximum absolute atomic E-state index is 13.6. The molecule has 0 unspecified atom stereocenters. The predicted molar refractivity (Wildman–Crippen MR) is 61.2 cm³/mol. The summed E-state index contributed by atoms with van der Waals surface area (Å²) < 4.78 is 23.6. The first-order valence-corrected chi connectivity index (χ1v) is 5.22. The van der Waals surface area contributed by atoms with Crippen LogP contribution in [0.15, 0.2) is 29.0 Å². The Morgan fingerprint density at radius 3 is 2.94 bits per heavy atom. The Bertz CT molecular complexity index is 511. The minimum absolute atomic E-state index is 0.206. The van der Waals surface area contributed by atoms with Crippen molar-refractivity contribution < 1.29 is 13.5 Å². The Balaban J connectivity index is 2.39. The number of hydrogen-bond donors (Lipinski definition) is 1. The van der Waals surface area contributed by atoms with Crippen LogP contribution in [0.4, 0.5) is 4.39 Å². The van der Waals surface area contributed by atoms with Crippen molar-refractivity contribution in [3.05, 3.63) is 36.2 Å². The van der Waals surface area contributed by atoms with E-state index in [0.717, 1.165) is 0 Å². The SMILES string of the molecule is COc1ccc(-c2ncoc2CCN)cc1F. The maximum Gasteiger partial charge on any atom is 0.181 e. The molecule has 0 aliphatic heterocycles. The van der Waals surface area contributed by atoms with Gasteiger partial charge in [-0.2, -0.15) is 0 Å². The van der Waals surface area contributed by atoms with Crippen molar-refractivity contribution in [1.29, 1.82) is 0 Å². The first kappa shape index (κ1) is 11.6. The van der Waals surface area contributed by atoms with Gasteiger partial charge in [-0.3, -0.25) is 0 Å². The van der Waals surface area contributed by atoms with Gasteiger partial charge in [-0.05, 0) is 24.7 Å². The number of ether oxygens (including phenoxy) is 1. The van der Waals surface area contributed by atoms with Gasteiger partial charge in [-0.1, -0.05) is 0 Å². The van der Waals surface area contributed by atoms with Crippen molar-refractivity contribution in [1.82, 2.24) is 4.98 Å². The van der Waals surface area contributed by atoms with Crippen LogP contribution in [0.3, 0.4) is 0 Å². The van der Waals surface area contributed by atoms with Crippen LogP contribution >= 0.6 is 0 Å². The molecule has 2 rings (SSSR count). The molecule has 0 saturated heterocycles. The normalized spacial score (nSPS) is 10.5. The number of halogens is 1. The van der Waals surface area contributed by atoms with E-state index in [-0.39, 0.29) is 5.75 Å². The van der Waals surface area contributed by atoms with Gasteiger partial charge < -0.3 is 14.9 Å². The Morgan fingerprint density at radius 2 is 2.29 bits per heavy atom. The van der Waals surface area contributed by atoms with Gasteiger partial charge >= 0.3 is 0 Å². The lowest BCUT2D eigenvalue weighted by atomic mass is 10.1. The van der Waals surface area contributed by atoms with Gasteiger partial charge in [0.1, 0.15) is 11.5 Å². The molecule has 0 fully saturated rings. The van der Waals surface area contributed by atoms with Crippen LogP contribution in [0.5, 0.6) is 5.75 Å². The smallest absolute Gasteiger partial charge is 0.181 e. The Labute approximate surface area is 98.2 Å². The summed E-state index contributed by atoms with van der Waals surface area (Å²) in [4.78, 5) is 4.07. The molecule has 0 aliphatic carbocycles. The molecule has 4 nitrogen and oxygen atoms in total. The number of rotatable bonds is 4. The molecule has 2 aromatic rings. The molecule has 17 heavy (non-hydrogen) atoms. The first-order valence-electron chi connectivity index (χ1n) is 5.22. The van der Waals surface area contributed by atoms with Gasteiger partial charge in [0.15, 0.2) is 18.0 Å². The molecule has 0 atom stereocenters. The number of hydrogen-bond acceptors (Lipinski definition) is 4. The molecule has 0 spiro atoms. The number of nitrogens with two attached hydrogens (primary N) is 1. The van der Waals surface area contributed by atoms with E-state index in [1.807, 2.05) is 0 Å². The van der Waals surface area contributed by atoms with E-state index in [2.05, 4.69) is 4.98 Å². The van der Waals surface area contributed by atoms with Crippen molar-refractivity contribution in [2.24, 2.45) is 5.73 Å². The van der Waals surface area contributed by atoms with Crippen LogP contribution in [0.25, 0.3) is 11.3 Å². The third-order valence-corrected chi connectivity index (χ3v) is 2.44. The molecule has 0 bridgehead atoms. The van der Waals surface area contributed by atoms with Crippen LogP contribution in [-0.2, 0) is 6.42 Å². The summed E-state index contributed by atoms with van der Waals surface area (Å²) in [7, 11) is 1.42. The highest BCUT2D eigenvalue weighted by molar-refractivity contribution is 5.62. The molecule has 1 aromatic carbocycles. The monoisotopic (exact) mass is 236 g/mol. The van der Waals surface area contributed by atoms with E-state index in [9.17, 15) is 4.39 Å². The fourth-order valence-electron chi connectivity index (χ4n) is 1.63. The summed E-state index contributed by atoms with van der Waals surface area (Å²) in [6.07, 6.45) is 1.91. The Hall–Kier alpha value is -1.88. The third kappa shape index (κ3) is 2.29. The summed E-state index contributed by atoms with van der Waals surface area (Å²) in [6.45, 7) is 0.459. The van der Waals surface area contributed by atoms with Crippen molar-refractivity contribution in [2.75, 3.05) is 13.7 Å². The molecule has 0 radical (unpaired) electrons. The third-order valence-electron chi connectivity index (χ3n) is 2.44. The average molecular weight is 236 g/mol. The molecule has 0 saturated carbocycles. The highest BCUT2D eigenvalue weighted by atomic mass is 19.1. The molecule has 1 aromatic heterocycles. The molecular formula is C12H13FN2O2. The van der Waals surface area contributed by atoms with E-state index in [4.69, 9.17) is 14.9 Å². The highest BCUT2D eigenvalue weighted by Crippen LogP contribution is 2.27. The van der Waals surface area contributed by atoms with Crippen LogP contribution in [0.2, 0.25) is 0 Å². The number of methoxy groups -OCH3 is 1. The van der Waals surface area contributed by atoms with Gasteiger partial charge in [0.2, 0.25) is 0 Å². The topological polar surface area (TPSA) is 61.3 Å². The van der Waals surface area contributed by atoms with Crippen LogP contribution < -0.4 is 10.5 Å². The fourth-order valence-corrected chi connectivity index (χ4v) is 1.63. The quantitative estimate of drug-likeness (QED) is 0.881. The second-order valence-corrected chi connectivity index (χ2v) is 3.51. The van der Waals surface area contributed by atoms with Gasteiger partial charge in [0.25, 0.3) is 0 Å². The number of oxazole rings is 1. The number of benzene rings is 1. The Kier molecular flexibility index (Phi) is 3.39. The summed E-state index contributed by atoms with van der Waals surface area (Å²) in [6, 6.07) is 4.67. The van der Waals surface area contributed by atoms with E-state index < -0.39 is 5.82 Å². The van der Waals surface area contributed by atoms with Crippen molar-refractivity contribution >= 4 is 0 Å². The highest BCUT2D eigenvalue weighted by Gasteiger charge is 2.12. The fraction of sp³-hybridized carbons (Fsp3) is 0.250. The lowest BCUT2D eigenvalue weighted by Crippen LogP contribution is -2.02. The Morgan fingerprint density at radius 1 is 1.47 bits per heavy atom. The summed E-state index contributed by atoms with van der Waals surface area (Å²) in [5.41, 5.74) is 6.74. The second kappa shape index (κ2) is 4.97. The van der Waals surface area contributed by atoms with Gasteiger partial charge in [0.05, 0.1) is 7.11 Å². The summed E-state index contributed by atoms with van der Waals surface area (Å²) >= 11 is 0. The van der Waals surface area contributed by atoms with Gasteiger partial charge in [-0.15, -0.1) is 0 Å². The molecule has 1 heterocycles. The number of aromatic nitrogens is 1. The predicted octanol–water partition coefficient (Wildman–Crippen LogP) is 1.99. The van der Waals surface area contributed by atoms with E-state index in [0.29, 0.717) is 30.0 Å². The zero-order valence-electron chi connectivity index (χ0n) is 9.44. The van der Waals surface area contributed by atoms with Crippen LogP contribution in [0.1, 0.15) is 5.76 Å². The lowest BCUT2D eigenvalue weighted by Gasteiger charge is -2.04. The van der Waals surface area contributed by atoms with Crippen LogP contribution in [-0.4, -0.2) is 18.6 Å². The standard InChI is InChI=1S/C12H13FN2O2/c1-16-10-3-2-8(6-9(10)13)12-11(4-5-14)17-7-15-12/h2-3,6-7H,4-5,14H2,1H3. The minimum atomic E-state index is -0.424. The largest absolute Gasteiger partial charge is 0.494 e. The molecule has 0 aliphatic rings. The van der Waals surface area contributed by atoms with E-state index in [1.54, 1.807) is 12.1 Å². The van der Waals surface area contributed by atoms with Crippen molar-refractivity contribution in [2.45, 2.75) is 6.42 Å². The average Bonchev–Trinajstić information content (AvgIpc) is 2.78. The zero-order valence-corrected chi connectivity index (χ0v) is 9.44. The molecule has 5 heteroatoms. The molecule has 2 N–H and O–H groups in total. The maximum atomic E-state index is 13.6. The second-order valence-electron chi connectivity index (χ2n) is 3.51. The minimum Gasteiger partial charge on any atom is -0.494 e. The first-order chi connectivity index (χ1) is 8.26. The van der Waals surface area contributed by atoms with E-state index in [1.165, 1.54) is 19.6 Å².